The van der Waals surface area contributed by atoms with Gasteiger partial charge in [0.25, 0.3) is 0 Å². The second-order valence-corrected chi connectivity index (χ2v) is 7.71. The second kappa shape index (κ2) is 11.6. The lowest BCUT2D eigenvalue weighted by atomic mass is 9.94. The van der Waals surface area contributed by atoms with Gasteiger partial charge in [-0.25, -0.2) is 10.4 Å². The van der Waals surface area contributed by atoms with E-state index in [1.807, 2.05) is 37.4 Å². The zero-order valence-electron chi connectivity index (χ0n) is 18.3. The van der Waals surface area contributed by atoms with E-state index < -0.39 is 0 Å². The van der Waals surface area contributed by atoms with Crippen molar-refractivity contribution in [3.05, 3.63) is 48.0 Å². The summed E-state index contributed by atoms with van der Waals surface area (Å²) < 4.78 is 0. The molecule has 2 aromatic rings. The highest BCUT2D eigenvalue weighted by atomic mass is 16.2. The second-order valence-electron chi connectivity index (χ2n) is 7.71. The maximum atomic E-state index is 11.6. The molecule has 0 saturated heterocycles. The molecule has 0 fully saturated rings. The SMILES string of the molecule is CC1CC(=O)NN=C1c1ccc(N(C=O)CCCN=C(N)NCCCc2cnc[nH]2)cc1. The molecule has 0 saturated carbocycles. The quantitative estimate of drug-likeness (QED) is 0.180. The molecule has 2 heterocycles. The molecule has 0 bridgehead atoms. The van der Waals surface area contributed by atoms with Gasteiger partial charge in [0.05, 0.1) is 12.0 Å². The van der Waals surface area contributed by atoms with Crippen LogP contribution in [0.1, 0.15) is 37.4 Å². The van der Waals surface area contributed by atoms with Crippen molar-refractivity contribution in [1.29, 1.82) is 0 Å². The van der Waals surface area contributed by atoms with Gasteiger partial charge in [-0.1, -0.05) is 19.1 Å². The summed E-state index contributed by atoms with van der Waals surface area (Å²) in [5, 5.41) is 7.27. The summed E-state index contributed by atoms with van der Waals surface area (Å²) in [6.07, 6.45) is 7.22. The molecule has 1 atom stereocenters. The predicted octanol–water partition coefficient (Wildman–Crippen LogP) is 1.16. The van der Waals surface area contributed by atoms with Crippen LogP contribution in [0.4, 0.5) is 5.69 Å². The molecular weight excluding hydrogens is 408 g/mol. The minimum Gasteiger partial charge on any atom is -0.370 e. The molecule has 1 aromatic carbocycles. The van der Waals surface area contributed by atoms with E-state index in [0.717, 1.165) is 48.5 Å². The minimum absolute atomic E-state index is 0.0548. The molecule has 0 spiro atoms. The Hall–Kier alpha value is -3.69. The van der Waals surface area contributed by atoms with Crippen LogP contribution in [0.25, 0.3) is 0 Å². The molecule has 3 rings (SSSR count). The number of carbonyl (C=O) groups excluding carboxylic acids is 2. The molecule has 32 heavy (non-hydrogen) atoms. The Morgan fingerprint density at radius 1 is 1.34 bits per heavy atom. The molecule has 10 nitrogen and oxygen atoms in total. The largest absolute Gasteiger partial charge is 0.370 e. The number of H-pyrrole nitrogens is 1. The number of hydrogen-bond donors (Lipinski definition) is 4. The Morgan fingerprint density at radius 3 is 2.84 bits per heavy atom. The molecule has 1 unspecified atom stereocenters. The van der Waals surface area contributed by atoms with Crippen LogP contribution in [0, 0.1) is 5.92 Å². The first kappa shape index (κ1) is 23.0. The molecule has 1 aromatic heterocycles. The van der Waals surface area contributed by atoms with Gasteiger partial charge in [0.2, 0.25) is 12.3 Å². The number of hydrazone groups is 1. The Labute approximate surface area is 187 Å². The molecule has 170 valence electrons. The Morgan fingerprint density at radius 2 is 2.16 bits per heavy atom. The van der Waals surface area contributed by atoms with Crippen molar-refractivity contribution in [2.75, 3.05) is 24.5 Å². The van der Waals surface area contributed by atoms with Crippen molar-refractivity contribution >= 4 is 29.7 Å². The zero-order chi connectivity index (χ0) is 22.8. The number of nitrogens with two attached hydrogens (primary N) is 1. The zero-order valence-corrected chi connectivity index (χ0v) is 18.3. The first-order valence-electron chi connectivity index (χ1n) is 10.8. The predicted molar refractivity (Wildman–Crippen MR) is 124 cm³/mol. The highest BCUT2D eigenvalue weighted by Crippen LogP contribution is 2.20. The van der Waals surface area contributed by atoms with E-state index in [-0.39, 0.29) is 11.8 Å². The summed E-state index contributed by atoms with van der Waals surface area (Å²) in [7, 11) is 0. The smallest absolute Gasteiger partial charge is 0.240 e. The number of carbonyl (C=O) groups is 2. The van der Waals surface area contributed by atoms with Crippen molar-refractivity contribution in [3.63, 3.8) is 0 Å². The summed E-state index contributed by atoms with van der Waals surface area (Å²) in [5.41, 5.74) is 12.1. The molecule has 10 heteroatoms. The number of benzene rings is 1. The first-order chi connectivity index (χ1) is 15.6. The van der Waals surface area contributed by atoms with Gasteiger partial charge in [0, 0.05) is 49.6 Å². The van der Waals surface area contributed by atoms with E-state index in [1.165, 1.54) is 0 Å². The Balaban J connectivity index is 1.41. The van der Waals surface area contributed by atoms with Crippen LogP contribution >= 0.6 is 0 Å². The number of aliphatic imine (C=N–C) groups is 1. The van der Waals surface area contributed by atoms with Gasteiger partial charge in [-0.2, -0.15) is 5.10 Å². The van der Waals surface area contributed by atoms with Crippen LogP contribution in [0.2, 0.25) is 0 Å². The lowest BCUT2D eigenvalue weighted by molar-refractivity contribution is -0.121. The van der Waals surface area contributed by atoms with Crippen LogP contribution < -0.4 is 21.4 Å². The number of hydrogen-bond acceptors (Lipinski definition) is 5. The summed E-state index contributed by atoms with van der Waals surface area (Å²) in [6, 6.07) is 7.60. The van der Waals surface area contributed by atoms with Gasteiger partial charge in [0.15, 0.2) is 5.96 Å². The molecule has 5 N–H and O–H groups in total. The summed E-state index contributed by atoms with van der Waals surface area (Å²) in [5.74, 6) is 0.392. The van der Waals surface area contributed by atoms with Gasteiger partial charge >= 0.3 is 0 Å². The maximum absolute atomic E-state index is 11.6. The molecular formula is C22H30N8O2. The van der Waals surface area contributed by atoms with Gasteiger partial charge in [0.1, 0.15) is 0 Å². The number of aromatic amines is 1. The number of amides is 2. The van der Waals surface area contributed by atoms with E-state index in [2.05, 4.69) is 30.8 Å². The lowest BCUT2D eigenvalue weighted by Crippen LogP contribution is -2.33. The lowest BCUT2D eigenvalue weighted by Gasteiger charge is -2.21. The van der Waals surface area contributed by atoms with Crippen LogP contribution in [-0.2, 0) is 16.0 Å². The third kappa shape index (κ3) is 6.66. The number of guanidine groups is 1. The van der Waals surface area contributed by atoms with E-state index in [4.69, 9.17) is 5.73 Å². The number of aromatic nitrogens is 2. The van der Waals surface area contributed by atoms with Crippen LogP contribution in [0.3, 0.4) is 0 Å². The van der Waals surface area contributed by atoms with Gasteiger partial charge < -0.3 is 20.9 Å². The van der Waals surface area contributed by atoms with Crippen molar-refractivity contribution in [1.82, 2.24) is 20.7 Å². The molecule has 1 aliphatic heterocycles. The molecule has 0 aliphatic carbocycles. The fraction of sp³-hybridized carbons (Fsp3) is 0.409. The van der Waals surface area contributed by atoms with E-state index in [9.17, 15) is 9.59 Å². The first-order valence-corrected chi connectivity index (χ1v) is 10.8. The standard InChI is InChI=1S/C22H30N8O2/c1-16-12-20(32)28-29-21(16)17-5-7-19(8-6-17)30(15-31)11-3-10-26-22(23)25-9-2-4-18-13-24-14-27-18/h5-8,13-16H,2-4,9-12H2,1H3,(H,24,27)(H,28,32)(H3,23,25,26). The molecule has 2 amide bonds. The number of anilines is 1. The van der Waals surface area contributed by atoms with E-state index in [0.29, 0.717) is 31.9 Å². The molecule has 1 aliphatic rings. The number of rotatable bonds is 11. The Kier molecular flexibility index (Phi) is 8.36. The summed E-state index contributed by atoms with van der Waals surface area (Å²) >= 11 is 0. The fourth-order valence-corrected chi connectivity index (χ4v) is 3.48. The number of aryl methyl sites for hydroxylation is 1. The van der Waals surface area contributed by atoms with Gasteiger partial charge in [-0.3, -0.25) is 14.6 Å². The number of imidazole rings is 1. The number of nitrogens with zero attached hydrogens (tertiary/aromatic N) is 4. The summed E-state index contributed by atoms with van der Waals surface area (Å²) in [6.45, 7) is 3.76. The average Bonchev–Trinajstić information content (AvgIpc) is 3.31. The van der Waals surface area contributed by atoms with Crippen LogP contribution in [0.15, 0.2) is 46.9 Å². The van der Waals surface area contributed by atoms with Gasteiger partial charge in [-0.05, 0) is 37.0 Å². The van der Waals surface area contributed by atoms with Crippen molar-refractivity contribution in [3.8, 4) is 0 Å². The highest BCUT2D eigenvalue weighted by molar-refractivity contribution is 6.05. The third-order valence-electron chi connectivity index (χ3n) is 5.20. The summed E-state index contributed by atoms with van der Waals surface area (Å²) in [4.78, 5) is 36.0. The van der Waals surface area contributed by atoms with Crippen LogP contribution in [0.5, 0.6) is 0 Å². The van der Waals surface area contributed by atoms with Crippen molar-refractivity contribution in [2.24, 2.45) is 21.7 Å². The van der Waals surface area contributed by atoms with Crippen molar-refractivity contribution in [2.45, 2.75) is 32.6 Å². The average molecular weight is 439 g/mol. The maximum Gasteiger partial charge on any atom is 0.240 e. The van der Waals surface area contributed by atoms with Crippen LogP contribution in [-0.4, -0.2) is 53.6 Å². The Bertz CT molecular complexity index is 937. The fourth-order valence-electron chi connectivity index (χ4n) is 3.48. The molecule has 0 radical (unpaired) electrons. The van der Waals surface area contributed by atoms with E-state index >= 15 is 0 Å². The number of nitrogens with one attached hydrogen (secondary N) is 3. The van der Waals surface area contributed by atoms with Gasteiger partial charge in [-0.15, -0.1) is 0 Å². The highest BCUT2D eigenvalue weighted by Gasteiger charge is 2.21. The minimum atomic E-state index is -0.0716. The third-order valence-corrected chi connectivity index (χ3v) is 5.20. The topological polar surface area (TPSA) is 141 Å². The normalized spacial score (nSPS) is 16.3. The van der Waals surface area contributed by atoms with Crippen molar-refractivity contribution < 1.29 is 9.59 Å². The van der Waals surface area contributed by atoms with E-state index in [1.54, 1.807) is 11.2 Å². The monoisotopic (exact) mass is 438 g/mol.